The van der Waals surface area contributed by atoms with Crippen LogP contribution in [-0.2, 0) is 7.05 Å². The first-order chi connectivity index (χ1) is 9.04. The topological polar surface area (TPSA) is 111 Å². The summed E-state index contributed by atoms with van der Waals surface area (Å²) < 4.78 is 1.62. The van der Waals surface area contributed by atoms with Crippen molar-refractivity contribution in [2.75, 3.05) is 5.32 Å². The first-order valence-electron chi connectivity index (χ1n) is 5.48. The van der Waals surface area contributed by atoms with Crippen LogP contribution in [0, 0.1) is 10.1 Å². The van der Waals surface area contributed by atoms with Gasteiger partial charge in [0.1, 0.15) is 5.84 Å². The molecule has 104 valence electrons. The molecule has 2 aromatic rings. The Balaban J connectivity index is 0.00000147. The molecule has 9 heteroatoms. The Hall–Kier alpha value is -2.61. The second kappa shape index (κ2) is 4.82. The van der Waals surface area contributed by atoms with Gasteiger partial charge in [-0.1, -0.05) is 0 Å². The van der Waals surface area contributed by atoms with Crippen molar-refractivity contribution < 1.29 is 4.92 Å². The Labute approximate surface area is 119 Å². The molecule has 0 unspecified atom stereocenters. The molecule has 0 atom stereocenters. The van der Waals surface area contributed by atoms with E-state index in [4.69, 9.17) is 5.73 Å². The van der Waals surface area contributed by atoms with Crippen LogP contribution in [0.25, 0.3) is 0 Å². The molecule has 2 heterocycles. The van der Waals surface area contributed by atoms with Gasteiger partial charge in [-0.15, -0.1) is 12.4 Å². The summed E-state index contributed by atoms with van der Waals surface area (Å²) in [5.41, 5.74) is 7.58. The predicted octanol–water partition coefficient (Wildman–Crippen LogP) is 1.84. The standard InChI is InChI=1S/C11H10N6O2.ClH/c1-16-5-7-10(12)13-9-4-6(17(18)19)2-3-8(9)14-11(7)15-16;/h2-5H,1H3,(H2,12,13)(H,14,15);1H. The number of hydrogen-bond donors (Lipinski definition) is 2. The van der Waals surface area contributed by atoms with Gasteiger partial charge in [0, 0.05) is 25.4 Å². The summed E-state index contributed by atoms with van der Waals surface area (Å²) >= 11 is 0. The van der Waals surface area contributed by atoms with Gasteiger partial charge in [0.15, 0.2) is 5.82 Å². The maximum absolute atomic E-state index is 10.8. The van der Waals surface area contributed by atoms with Crippen LogP contribution in [0.1, 0.15) is 5.56 Å². The number of aryl methyl sites for hydroxylation is 1. The van der Waals surface area contributed by atoms with Gasteiger partial charge in [-0.05, 0) is 6.07 Å². The second-order valence-electron chi connectivity index (χ2n) is 4.15. The lowest BCUT2D eigenvalue weighted by Crippen LogP contribution is -2.12. The third kappa shape index (κ3) is 2.16. The summed E-state index contributed by atoms with van der Waals surface area (Å²) in [4.78, 5) is 14.5. The molecule has 0 aliphatic carbocycles. The van der Waals surface area contributed by atoms with Gasteiger partial charge in [0.25, 0.3) is 5.69 Å². The van der Waals surface area contributed by atoms with E-state index < -0.39 is 4.92 Å². The zero-order valence-electron chi connectivity index (χ0n) is 10.4. The number of aromatic nitrogens is 2. The Morgan fingerprint density at radius 3 is 2.90 bits per heavy atom. The number of nitro benzene ring substituents is 1. The minimum atomic E-state index is -0.470. The lowest BCUT2D eigenvalue weighted by molar-refractivity contribution is -0.384. The van der Waals surface area contributed by atoms with Gasteiger partial charge in [0.05, 0.1) is 21.9 Å². The molecule has 1 aliphatic rings. The molecule has 0 radical (unpaired) electrons. The summed E-state index contributed by atoms with van der Waals surface area (Å²) in [6.45, 7) is 0. The van der Waals surface area contributed by atoms with Crippen molar-refractivity contribution in [2.45, 2.75) is 0 Å². The van der Waals surface area contributed by atoms with E-state index in [9.17, 15) is 10.1 Å². The summed E-state index contributed by atoms with van der Waals surface area (Å²) in [5.74, 6) is 0.853. The number of amidine groups is 1. The number of non-ortho nitro benzene ring substituents is 1. The normalized spacial score (nSPS) is 12.2. The quantitative estimate of drug-likeness (QED) is 0.616. The fourth-order valence-corrected chi connectivity index (χ4v) is 1.92. The second-order valence-corrected chi connectivity index (χ2v) is 4.15. The molecule has 1 aromatic carbocycles. The Kier molecular flexibility index (Phi) is 3.33. The molecule has 0 spiro atoms. The number of halogens is 1. The van der Waals surface area contributed by atoms with E-state index in [1.165, 1.54) is 12.1 Å². The van der Waals surface area contributed by atoms with Crippen molar-refractivity contribution in [2.24, 2.45) is 17.8 Å². The molecule has 20 heavy (non-hydrogen) atoms. The molecule has 3 rings (SSSR count). The number of benzene rings is 1. The third-order valence-electron chi connectivity index (χ3n) is 2.79. The first kappa shape index (κ1) is 13.8. The molecular weight excluding hydrogens is 284 g/mol. The number of aliphatic imine (C=N–C) groups is 1. The van der Waals surface area contributed by atoms with Crippen LogP contribution in [0.2, 0.25) is 0 Å². The van der Waals surface area contributed by atoms with Crippen molar-refractivity contribution >= 4 is 41.1 Å². The van der Waals surface area contributed by atoms with E-state index >= 15 is 0 Å². The van der Waals surface area contributed by atoms with Crippen LogP contribution >= 0.6 is 12.4 Å². The molecule has 0 saturated carbocycles. The number of anilines is 2. The van der Waals surface area contributed by atoms with Gasteiger partial charge < -0.3 is 11.1 Å². The molecule has 0 saturated heterocycles. The molecule has 0 bridgehead atoms. The minimum absolute atomic E-state index is 0. The highest BCUT2D eigenvalue weighted by molar-refractivity contribution is 6.06. The molecule has 1 aromatic heterocycles. The zero-order chi connectivity index (χ0) is 13.6. The van der Waals surface area contributed by atoms with Gasteiger partial charge in [-0.25, -0.2) is 4.99 Å². The lowest BCUT2D eigenvalue weighted by atomic mass is 10.2. The number of nitrogens with zero attached hydrogens (tertiary/aromatic N) is 4. The van der Waals surface area contributed by atoms with Crippen LogP contribution in [0.4, 0.5) is 22.9 Å². The molecule has 0 fully saturated rings. The van der Waals surface area contributed by atoms with Crippen molar-refractivity contribution in [3.8, 4) is 0 Å². The van der Waals surface area contributed by atoms with Crippen LogP contribution in [0.5, 0.6) is 0 Å². The summed E-state index contributed by atoms with van der Waals surface area (Å²) in [5, 5.41) is 18.1. The smallest absolute Gasteiger partial charge is 0.271 e. The largest absolute Gasteiger partial charge is 0.383 e. The number of fused-ring (bicyclic) bond motifs is 2. The highest BCUT2D eigenvalue weighted by Gasteiger charge is 2.19. The van der Waals surface area contributed by atoms with E-state index in [-0.39, 0.29) is 23.9 Å². The van der Waals surface area contributed by atoms with Crippen LogP contribution in [-0.4, -0.2) is 20.5 Å². The van der Waals surface area contributed by atoms with E-state index in [1.54, 1.807) is 24.0 Å². The summed E-state index contributed by atoms with van der Waals surface area (Å²) in [6, 6.07) is 4.38. The Bertz CT molecular complexity index is 724. The van der Waals surface area contributed by atoms with Crippen LogP contribution < -0.4 is 11.1 Å². The van der Waals surface area contributed by atoms with Crippen LogP contribution in [0.3, 0.4) is 0 Å². The number of nitro groups is 1. The Morgan fingerprint density at radius 1 is 1.45 bits per heavy atom. The molecule has 0 amide bonds. The van der Waals surface area contributed by atoms with E-state index in [0.29, 0.717) is 22.8 Å². The SMILES string of the molecule is Cl.Cn1cc2c(n1)Nc1ccc([N+](=O)[O-])cc1N=C2N. The van der Waals surface area contributed by atoms with E-state index in [2.05, 4.69) is 15.4 Å². The monoisotopic (exact) mass is 294 g/mol. The van der Waals surface area contributed by atoms with Crippen molar-refractivity contribution in [1.29, 1.82) is 0 Å². The number of rotatable bonds is 1. The fourth-order valence-electron chi connectivity index (χ4n) is 1.92. The highest BCUT2D eigenvalue weighted by Crippen LogP contribution is 2.35. The fraction of sp³-hybridized carbons (Fsp3) is 0.0909. The molecular formula is C11H11ClN6O2. The van der Waals surface area contributed by atoms with Gasteiger partial charge in [-0.3, -0.25) is 14.8 Å². The van der Waals surface area contributed by atoms with Gasteiger partial charge in [-0.2, -0.15) is 5.10 Å². The van der Waals surface area contributed by atoms with Crippen molar-refractivity contribution in [3.05, 3.63) is 40.1 Å². The van der Waals surface area contributed by atoms with Crippen LogP contribution in [0.15, 0.2) is 29.4 Å². The predicted molar refractivity (Wildman–Crippen MR) is 77.2 cm³/mol. The van der Waals surface area contributed by atoms with E-state index in [1.807, 2.05) is 0 Å². The lowest BCUT2D eigenvalue weighted by Gasteiger charge is -2.04. The minimum Gasteiger partial charge on any atom is -0.383 e. The van der Waals surface area contributed by atoms with Crippen molar-refractivity contribution in [1.82, 2.24) is 9.78 Å². The van der Waals surface area contributed by atoms with Crippen molar-refractivity contribution in [3.63, 3.8) is 0 Å². The summed E-state index contributed by atoms with van der Waals surface area (Å²) in [7, 11) is 1.78. The maximum Gasteiger partial charge on any atom is 0.271 e. The number of hydrogen-bond acceptors (Lipinski definition) is 6. The average Bonchev–Trinajstić information content (AvgIpc) is 2.66. The third-order valence-corrected chi connectivity index (χ3v) is 2.79. The maximum atomic E-state index is 10.8. The summed E-state index contributed by atoms with van der Waals surface area (Å²) in [6.07, 6.45) is 1.74. The molecule has 3 N–H and O–H groups in total. The Morgan fingerprint density at radius 2 is 2.20 bits per heavy atom. The number of nitrogens with two attached hydrogens (primary N) is 1. The van der Waals surface area contributed by atoms with Gasteiger partial charge in [0.2, 0.25) is 0 Å². The molecule has 8 nitrogen and oxygen atoms in total. The van der Waals surface area contributed by atoms with E-state index in [0.717, 1.165) is 0 Å². The number of nitrogens with one attached hydrogen (secondary N) is 1. The zero-order valence-corrected chi connectivity index (χ0v) is 11.2. The van der Waals surface area contributed by atoms with Gasteiger partial charge >= 0.3 is 0 Å². The first-order valence-corrected chi connectivity index (χ1v) is 5.48. The highest BCUT2D eigenvalue weighted by atomic mass is 35.5. The average molecular weight is 295 g/mol. The molecule has 1 aliphatic heterocycles.